The number of aromatic amines is 1. The summed E-state index contributed by atoms with van der Waals surface area (Å²) in [6.07, 6.45) is 9.59. The van der Waals surface area contributed by atoms with Gasteiger partial charge >= 0.3 is 0 Å². The zero-order chi connectivity index (χ0) is 16.4. The summed E-state index contributed by atoms with van der Waals surface area (Å²) in [5, 5.41) is 1.23. The average molecular weight is 306 g/mol. The Bertz CT molecular complexity index is 804. The van der Waals surface area contributed by atoms with Crippen LogP contribution in [0.1, 0.15) is 36.9 Å². The number of fused-ring (bicyclic) bond motifs is 1. The second kappa shape index (κ2) is 6.29. The molecule has 0 aliphatic heterocycles. The van der Waals surface area contributed by atoms with Crippen molar-refractivity contribution in [1.29, 1.82) is 0 Å². The molecule has 1 aromatic heterocycles. The lowest BCUT2D eigenvalue weighted by Crippen LogP contribution is -2.34. The first kappa shape index (κ1) is 15.3. The highest BCUT2D eigenvalue weighted by Gasteiger charge is 2.36. The number of allylic oxidation sites excluding steroid dienone is 5. The van der Waals surface area contributed by atoms with Crippen LogP contribution in [0.25, 0.3) is 16.5 Å². The Balaban J connectivity index is 2.11. The minimum absolute atomic E-state index is 0.00932. The van der Waals surface area contributed by atoms with Gasteiger partial charge in [-0.15, -0.1) is 0 Å². The number of H-pyrrole nitrogens is 1. The topological polar surface area (TPSA) is 58.9 Å². The molecule has 3 nitrogen and oxygen atoms in total. The molecular weight excluding hydrogens is 284 g/mol. The largest absolute Gasteiger partial charge is 0.369 e. The van der Waals surface area contributed by atoms with Gasteiger partial charge in [-0.3, -0.25) is 4.79 Å². The summed E-state index contributed by atoms with van der Waals surface area (Å²) < 4.78 is 0. The van der Waals surface area contributed by atoms with Gasteiger partial charge in [0.1, 0.15) is 0 Å². The van der Waals surface area contributed by atoms with E-state index < -0.39 is 0 Å². The van der Waals surface area contributed by atoms with E-state index in [0.29, 0.717) is 5.92 Å². The van der Waals surface area contributed by atoms with Gasteiger partial charge in [0.25, 0.3) is 0 Å². The number of rotatable bonds is 5. The average Bonchev–Trinajstić information content (AvgIpc) is 2.85. The van der Waals surface area contributed by atoms with E-state index in [2.05, 4.69) is 35.8 Å². The monoisotopic (exact) mass is 306 g/mol. The molecule has 0 saturated heterocycles. The molecule has 2 aromatic rings. The van der Waals surface area contributed by atoms with Gasteiger partial charge in [-0.2, -0.15) is 0 Å². The second-order valence-corrected chi connectivity index (χ2v) is 6.08. The van der Waals surface area contributed by atoms with Crippen molar-refractivity contribution >= 4 is 22.4 Å². The smallest absolute Gasteiger partial charge is 0.220 e. The summed E-state index contributed by atoms with van der Waals surface area (Å²) in [6.45, 7) is 5.83. The van der Waals surface area contributed by atoms with Gasteiger partial charge < -0.3 is 10.7 Å². The molecule has 1 aromatic carbocycles. The van der Waals surface area contributed by atoms with E-state index in [1.165, 1.54) is 10.9 Å². The highest BCUT2D eigenvalue weighted by atomic mass is 16.1. The third-order valence-corrected chi connectivity index (χ3v) is 4.63. The Labute approximate surface area is 136 Å². The van der Waals surface area contributed by atoms with E-state index in [-0.39, 0.29) is 11.8 Å². The minimum Gasteiger partial charge on any atom is -0.369 e. The predicted octanol–water partition coefficient (Wildman–Crippen LogP) is 4.29. The molecule has 0 radical (unpaired) electrons. The van der Waals surface area contributed by atoms with Crippen molar-refractivity contribution in [3.05, 3.63) is 66.4 Å². The maximum atomic E-state index is 11.4. The van der Waals surface area contributed by atoms with Gasteiger partial charge in [0.2, 0.25) is 5.91 Å². The molecule has 23 heavy (non-hydrogen) atoms. The summed E-state index contributed by atoms with van der Waals surface area (Å²) in [5.74, 6) is 0.199. The van der Waals surface area contributed by atoms with Crippen molar-refractivity contribution < 1.29 is 4.79 Å². The van der Waals surface area contributed by atoms with Crippen LogP contribution in [0.4, 0.5) is 0 Å². The fourth-order valence-electron chi connectivity index (χ4n) is 3.43. The number of carbonyl (C=O) groups is 1. The third kappa shape index (κ3) is 2.74. The lowest BCUT2D eigenvalue weighted by atomic mass is 9.70. The predicted molar refractivity (Wildman–Crippen MR) is 95.9 cm³/mol. The number of benzene rings is 1. The van der Waals surface area contributed by atoms with Crippen molar-refractivity contribution in [2.24, 2.45) is 11.7 Å². The maximum absolute atomic E-state index is 11.4. The van der Waals surface area contributed by atoms with Crippen LogP contribution in [-0.4, -0.2) is 10.9 Å². The number of primary amides is 1. The first-order valence-electron chi connectivity index (χ1n) is 8.01. The molecule has 1 saturated carbocycles. The third-order valence-electron chi connectivity index (χ3n) is 4.63. The first-order valence-corrected chi connectivity index (χ1v) is 8.01. The fourth-order valence-corrected chi connectivity index (χ4v) is 3.43. The molecule has 1 fully saturated rings. The van der Waals surface area contributed by atoms with Crippen molar-refractivity contribution in [2.45, 2.75) is 25.7 Å². The van der Waals surface area contributed by atoms with E-state index in [9.17, 15) is 4.79 Å². The molecule has 3 N–H and O–H groups in total. The highest BCUT2D eigenvalue weighted by molar-refractivity contribution is 5.92. The number of carbonyl (C=O) groups excluding carboxylic acids is 1. The fraction of sp³-hybridized carbons (Fsp3) is 0.250. The molecular formula is C20H22N2O. The lowest BCUT2D eigenvalue weighted by molar-refractivity contribution is -0.124. The summed E-state index contributed by atoms with van der Waals surface area (Å²) in [5.41, 5.74) is 10.1. The summed E-state index contributed by atoms with van der Waals surface area (Å²) >= 11 is 0. The quantitative estimate of drug-likeness (QED) is 0.795. The Morgan fingerprint density at radius 1 is 1.35 bits per heavy atom. The van der Waals surface area contributed by atoms with E-state index in [1.807, 2.05) is 25.1 Å². The van der Waals surface area contributed by atoms with Gasteiger partial charge in [0, 0.05) is 22.5 Å². The van der Waals surface area contributed by atoms with Crippen molar-refractivity contribution in [3.8, 4) is 0 Å². The molecule has 0 atom stereocenters. The maximum Gasteiger partial charge on any atom is 0.220 e. The van der Waals surface area contributed by atoms with Crippen molar-refractivity contribution in [2.75, 3.05) is 0 Å². The molecule has 1 aliphatic carbocycles. The van der Waals surface area contributed by atoms with Crippen LogP contribution in [0.3, 0.4) is 0 Å². The van der Waals surface area contributed by atoms with Crippen LogP contribution in [-0.2, 0) is 4.79 Å². The molecule has 1 heterocycles. The normalized spacial score (nSPS) is 21.5. The number of amides is 1. The molecule has 118 valence electrons. The van der Waals surface area contributed by atoms with Crippen LogP contribution in [0, 0.1) is 5.92 Å². The lowest BCUT2D eigenvalue weighted by Gasteiger charge is -2.34. The number of hydrogen-bond donors (Lipinski definition) is 2. The SMILES string of the molecule is C=C/C=C(\C=C/C)c1[nH]c2ccccc2c1C1CC(C(N)=O)C1. The zero-order valence-corrected chi connectivity index (χ0v) is 13.4. The number of hydrogen-bond acceptors (Lipinski definition) is 1. The van der Waals surface area contributed by atoms with Gasteiger partial charge in [-0.1, -0.05) is 49.1 Å². The molecule has 0 unspecified atom stereocenters. The van der Waals surface area contributed by atoms with Crippen molar-refractivity contribution in [1.82, 2.24) is 4.98 Å². The number of aromatic nitrogens is 1. The molecule has 3 heteroatoms. The Hall–Kier alpha value is -2.55. The van der Waals surface area contributed by atoms with Crippen LogP contribution < -0.4 is 5.73 Å². The van der Waals surface area contributed by atoms with Crippen LogP contribution in [0.15, 0.2) is 55.1 Å². The number of nitrogens with two attached hydrogens (primary N) is 1. The molecule has 0 spiro atoms. The number of para-hydroxylation sites is 1. The Morgan fingerprint density at radius 3 is 2.74 bits per heavy atom. The summed E-state index contributed by atoms with van der Waals surface area (Å²) in [6, 6.07) is 8.32. The number of nitrogens with one attached hydrogen (secondary N) is 1. The van der Waals surface area contributed by atoms with Gasteiger partial charge in [0.05, 0.1) is 0 Å². The standard InChI is InChI=1S/C20H22N2O/c1-3-7-13(8-4-2)19-18(14-11-15(12-14)20(21)23)16-9-5-6-10-17(16)22-19/h3-10,14-15,22H,1,11-12H2,2H3,(H2,21,23)/b8-4-,13-7+. The van der Waals surface area contributed by atoms with Gasteiger partial charge in [-0.25, -0.2) is 0 Å². The highest BCUT2D eigenvalue weighted by Crippen LogP contribution is 2.46. The summed E-state index contributed by atoms with van der Waals surface area (Å²) in [4.78, 5) is 14.9. The minimum atomic E-state index is -0.182. The zero-order valence-electron chi connectivity index (χ0n) is 13.4. The van der Waals surface area contributed by atoms with E-state index >= 15 is 0 Å². The van der Waals surface area contributed by atoms with Crippen LogP contribution in [0.2, 0.25) is 0 Å². The van der Waals surface area contributed by atoms with E-state index in [1.54, 1.807) is 6.08 Å². The molecule has 1 amide bonds. The molecule has 0 bridgehead atoms. The molecule has 1 aliphatic rings. The van der Waals surface area contributed by atoms with Crippen LogP contribution in [0.5, 0.6) is 0 Å². The van der Waals surface area contributed by atoms with Gasteiger partial charge in [0.15, 0.2) is 0 Å². The Morgan fingerprint density at radius 2 is 2.09 bits per heavy atom. The van der Waals surface area contributed by atoms with Crippen molar-refractivity contribution in [3.63, 3.8) is 0 Å². The Kier molecular flexibility index (Phi) is 4.20. The summed E-state index contributed by atoms with van der Waals surface area (Å²) in [7, 11) is 0. The van der Waals surface area contributed by atoms with E-state index in [4.69, 9.17) is 5.73 Å². The first-order chi connectivity index (χ1) is 11.2. The second-order valence-electron chi connectivity index (χ2n) is 6.08. The van der Waals surface area contributed by atoms with E-state index in [0.717, 1.165) is 29.6 Å². The van der Waals surface area contributed by atoms with Gasteiger partial charge in [-0.05, 0) is 42.9 Å². The molecule has 3 rings (SSSR count). The van der Waals surface area contributed by atoms with Crippen LogP contribution >= 0.6 is 0 Å².